The largest absolute Gasteiger partial charge is 0.493 e. The monoisotopic (exact) mass is 354 g/mol. The van der Waals surface area contributed by atoms with Crippen molar-refractivity contribution in [3.63, 3.8) is 0 Å². The van der Waals surface area contributed by atoms with Gasteiger partial charge >= 0.3 is 0 Å². The predicted octanol–water partition coefficient (Wildman–Crippen LogP) is 2.43. The van der Waals surface area contributed by atoms with Gasteiger partial charge in [0.2, 0.25) is 0 Å². The van der Waals surface area contributed by atoms with Crippen molar-refractivity contribution in [3.05, 3.63) is 36.4 Å². The van der Waals surface area contributed by atoms with E-state index < -0.39 is 0 Å². The summed E-state index contributed by atoms with van der Waals surface area (Å²) in [5, 5.41) is 3.36. The van der Waals surface area contributed by atoms with Gasteiger partial charge in [-0.05, 0) is 38.0 Å². The summed E-state index contributed by atoms with van der Waals surface area (Å²) < 4.78 is 11.1. The highest BCUT2D eigenvalue weighted by molar-refractivity contribution is 5.85. The fourth-order valence-electron chi connectivity index (χ4n) is 2.76. The molecule has 0 aromatic heterocycles. The molecule has 6 heteroatoms. The van der Waals surface area contributed by atoms with E-state index in [1.807, 2.05) is 29.2 Å². The second-order valence-electron chi connectivity index (χ2n) is 5.84. The van der Waals surface area contributed by atoms with E-state index in [1.54, 1.807) is 7.11 Å². The molecule has 0 spiro atoms. The molecule has 0 saturated carbocycles. The van der Waals surface area contributed by atoms with E-state index >= 15 is 0 Å². The zero-order valence-corrected chi connectivity index (χ0v) is 15.4. The molecule has 2 atom stereocenters. The van der Waals surface area contributed by atoms with Gasteiger partial charge in [0.25, 0.3) is 5.91 Å². The van der Waals surface area contributed by atoms with Crippen LogP contribution in [-0.2, 0) is 11.2 Å². The maximum absolute atomic E-state index is 12.4. The number of hydrogen-bond acceptors (Lipinski definition) is 4. The molecule has 0 bridgehead atoms. The van der Waals surface area contributed by atoms with Gasteiger partial charge in [-0.2, -0.15) is 0 Å². The standard InChI is InChI=1S/C18H26N2O3.ClH/c1-5-6-15-7-8-16(17(11-15)22-4)23-12-18(21)20-10-9-19-13(2)14(20)3;/h5,7-8,11,13-14,19H,1,6,9-10,12H2,2-4H3;1H. The van der Waals surface area contributed by atoms with Gasteiger partial charge in [0.1, 0.15) is 0 Å². The number of nitrogens with zero attached hydrogens (tertiary/aromatic N) is 1. The van der Waals surface area contributed by atoms with Crippen molar-refractivity contribution in [1.29, 1.82) is 0 Å². The van der Waals surface area contributed by atoms with E-state index in [2.05, 4.69) is 25.7 Å². The van der Waals surface area contributed by atoms with Crippen molar-refractivity contribution in [2.45, 2.75) is 32.4 Å². The van der Waals surface area contributed by atoms with Crippen LogP contribution in [0.3, 0.4) is 0 Å². The molecule has 1 aliphatic rings. The molecule has 1 saturated heterocycles. The Morgan fingerprint density at radius 1 is 1.42 bits per heavy atom. The Kier molecular flexibility index (Phi) is 8.08. The minimum atomic E-state index is 0. The van der Waals surface area contributed by atoms with Gasteiger partial charge < -0.3 is 19.7 Å². The average Bonchev–Trinajstić information content (AvgIpc) is 2.56. The highest BCUT2D eigenvalue weighted by Gasteiger charge is 2.28. The summed E-state index contributed by atoms with van der Waals surface area (Å²) in [5.74, 6) is 1.23. The lowest BCUT2D eigenvalue weighted by atomic mass is 10.1. The second-order valence-corrected chi connectivity index (χ2v) is 5.84. The molecule has 24 heavy (non-hydrogen) atoms. The van der Waals surface area contributed by atoms with Gasteiger partial charge in [-0.25, -0.2) is 0 Å². The summed E-state index contributed by atoms with van der Waals surface area (Å²) in [6, 6.07) is 6.17. The van der Waals surface area contributed by atoms with E-state index in [-0.39, 0.29) is 31.0 Å². The Morgan fingerprint density at radius 3 is 2.83 bits per heavy atom. The smallest absolute Gasteiger partial charge is 0.260 e. The topological polar surface area (TPSA) is 50.8 Å². The number of carbonyl (C=O) groups excluding carboxylic acids is 1. The van der Waals surface area contributed by atoms with Crippen LogP contribution in [0.1, 0.15) is 19.4 Å². The summed E-state index contributed by atoms with van der Waals surface area (Å²) >= 11 is 0. The van der Waals surface area contributed by atoms with Gasteiger partial charge in [-0.15, -0.1) is 19.0 Å². The van der Waals surface area contributed by atoms with Crippen molar-refractivity contribution in [3.8, 4) is 11.5 Å². The SMILES string of the molecule is C=CCc1ccc(OCC(=O)N2CCNC(C)C2C)c(OC)c1.Cl. The summed E-state index contributed by atoms with van der Waals surface area (Å²) in [4.78, 5) is 14.3. The Hall–Kier alpha value is -1.72. The van der Waals surface area contributed by atoms with Crippen molar-refractivity contribution >= 4 is 18.3 Å². The Labute approximate surface area is 150 Å². The fraction of sp³-hybridized carbons (Fsp3) is 0.500. The van der Waals surface area contributed by atoms with Gasteiger partial charge in [-0.1, -0.05) is 12.1 Å². The first kappa shape index (κ1) is 20.3. The quantitative estimate of drug-likeness (QED) is 0.797. The van der Waals surface area contributed by atoms with Crippen LogP contribution in [0, 0.1) is 0 Å². The number of halogens is 1. The van der Waals surface area contributed by atoms with Crippen LogP contribution >= 0.6 is 12.4 Å². The summed E-state index contributed by atoms with van der Waals surface area (Å²) in [6.07, 6.45) is 2.61. The zero-order chi connectivity index (χ0) is 16.8. The number of methoxy groups -OCH3 is 1. The van der Waals surface area contributed by atoms with Crippen LogP contribution in [0.15, 0.2) is 30.9 Å². The lowest BCUT2D eigenvalue weighted by molar-refractivity contribution is -0.137. The number of ether oxygens (including phenoxy) is 2. The molecule has 1 aliphatic heterocycles. The molecule has 1 amide bonds. The summed E-state index contributed by atoms with van der Waals surface area (Å²) in [6.45, 7) is 9.43. The summed E-state index contributed by atoms with van der Waals surface area (Å²) in [5.41, 5.74) is 1.10. The second kappa shape index (κ2) is 9.55. The molecule has 134 valence electrons. The van der Waals surface area contributed by atoms with E-state index in [0.717, 1.165) is 18.5 Å². The Balaban J connectivity index is 0.00000288. The number of hydrogen-bond donors (Lipinski definition) is 1. The van der Waals surface area contributed by atoms with Crippen LogP contribution in [0.4, 0.5) is 0 Å². The Morgan fingerprint density at radius 2 is 2.17 bits per heavy atom. The van der Waals surface area contributed by atoms with E-state index in [0.29, 0.717) is 24.1 Å². The molecular formula is C18H27ClN2O3. The van der Waals surface area contributed by atoms with Crippen LogP contribution in [0.25, 0.3) is 0 Å². The van der Waals surface area contributed by atoms with E-state index in [1.165, 1.54) is 0 Å². The third kappa shape index (κ3) is 4.89. The van der Waals surface area contributed by atoms with Crippen LogP contribution in [0.5, 0.6) is 11.5 Å². The van der Waals surface area contributed by atoms with Crippen molar-refractivity contribution in [2.75, 3.05) is 26.8 Å². The lowest BCUT2D eigenvalue weighted by Crippen LogP contribution is -2.58. The number of piperazine rings is 1. The Bertz CT molecular complexity index is 565. The minimum absolute atomic E-state index is 0. The maximum atomic E-state index is 12.4. The maximum Gasteiger partial charge on any atom is 0.260 e. The van der Waals surface area contributed by atoms with Gasteiger partial charge in [0.05, 0.1) is 7.11 Å². The summed E-state index contributed by atoms with van der Waals surface area (Å²) in [7, 11) is 1.60. The van der Waals surface area contributed by atoms with Crippen LogP contribution in [-0.4, -0.2) is 49.7 Å². The molecule has 1 fully saturated rings. The van der Waals surface area contributed by atoms with E-state index in [9.17, 15) is 4.79 Å². The number of allylic oxidation sites excluding steroid dienone is 1. The first-order chi connectivity index (χ1) is 11.1. The van der Waals surface area contributed by atoms with Crippen molar-refractivity contribution < 1.29 is 14.3 Å². The zero-order valence-electron chi connectivity index (χ0n) is 14.6. The molecule has 1 heterocycles. The third-order valence-corrected chi connectivity index (χ3v) is 4.31. The van der Waals surface area contributed by atoms with Crippen molar-refractivity contribution in [1.82, 2.24) is 10.2 Å². The molecular weight excluding hydrogens is 328 g/mol. The van der Waals surface area contributed by atoms with Crippen LogP contribution in [0.2, 0.25) is 0 Å². The van der Waals surface area contributed by atoms with Gasteiger partial charge in [-0.3, -0.25) is 4.79 Å². The minimum Gasteiger partial charge on any atom is -0.493 e. The number of rotatable bonds is 6. The number of nitrogens with one attached hydrogen (secondary N) is 1. The van der Waals surface area contributed by atoms with E-state index in [4.69, 9.17) is 9.47 Å². The van der Waals surface area contributed by atoms with Gasteiger partial charge in [0, 0.05) is 25.2 Å². The molecule has 1 aromatic rings. The number of benzene rings is 1. The molecule has 5 nitrogen and oxygen atoms in total. The lowest BCUT2D eigenvalue weighted by Gasteiger charge is -2.38. The molecule has 1 aromatic carbocycles. The normalized spacial score (nSPS) is 20.0. The van der Waals surface area contributed by atoms with Gasteiger partial charge in [0.15, 0.2) is 18.1 Å². The molecule has 0 aliphatic carbocycles. The number of carbonyl (C=O) groups is 1. The van der Waals surface area contributed by atoms with Crippen molar-refractivity contribution in [2.24, 2.45) is 0 Å². The third-order valence-electron chi connectivity index (χ3n) is 4.31. The molecule has 2 rings (SSSR count). The average molecular weight is 355 g/mol. The molecule has 2 unspecified atom stereocenters. The number of amides is 1. The first-order valence-corrected chi connectivity index (χ1v) is 8.00. The molecule has 0 radical (unpaired) electrons. The highest BCUT2D eigenvalue weighted by atomic mass is 35.5. The highest BCUT2D eigenvalue weighted by Crippen LogP contribution is 2.28. The first-order valence-electron chi connectivity index (χ1n) is 8.00. The fourth-order valence-corrected chi connectivity index (χ4v) is 2.76. The molecule has 1 N–H and O–H groups in total. The predicted molar refractivity (Wildman–Crippen MR) is 98.3 cm³/mol. The van der Waals surface area contributed by atoms with Crippen LogP contribution < -0.4 is 14.8 Å².